The fourth-order valence-corrected chi connectivity index (χ4v) is 2.98. The number of thioether (sulfide) groups is 1. The number of rotatable bonds is 3. The highest BCUT2D eigenvalue weighted by atomic mass is 79.9. The van der Waals surface area contributed by atoms with E-state index in [-0.39, 0.29) is 5.56 Å². The first-order chi connectivity index (χ1) is 8.70. The lowest BCUT2D eigenvalue weighted by Crippen LogP contribution is -1.91. The molecule has 0 spiro atoms. The highest BCUT2D eigenvalue weighted by molar-refractivity contribution is 9.10. The van der Waals surface area contributed by atoms with Crippen molar-refractivity contribution in [1.82, 2.24) is 0 Å². The third-order valence-electron chi connectivity index (χ3n) is 2.39. The monoisotopic (exact) mass is 321 g/mol. The molecule has 2 aromatic rings. The zero-order valence-electron chi connectivity index (χ0n) is 9.36. The van der Waals surface area contributed by atoms with Crippen molar-refractivity contribution in [2.75, 3.05) is 0 Å². The fraction of sp³-hybridized carbons (Fsp3) is 0.0714. The molecule has 0 aromatic heterocycles. The van der Waals surface area contributed by atoms with Crippen molar-refractivity contribution in [1.29, 1.82) is 5.26 Å². The van der Waals surface area contributed by atoms with Crippen molar-refractivity contribution >= 4 is 27.7 Å². The molecule has 2 aromatic carbocycles. The van der Waals surface area contributed by atoms with E-state index in [4.69, 9.17) is 5.26 Å². The van der Waals surface area contributed by atoms with E-state index in [1.165, 1.54) is 6.07 Å². The van der Waals surface area contributed by atoms with Crippen LogP contribution >= 0.6 is 27.7 Å². The van der Waals surface area contributed by atoms with Crippen LogP contribution in [0, 0.1) is 17.1 Å². The second-order valence-corrected chi connectivity index (χ2v) is 5.60. The zero-order valence-corrected chi connectivity index (χ0v) is 11.8. The molecule has 90 valence electrons. The summed E-state index contributed by atoms with van der Waals surface area (Å²) in [5, 5.41) is 8.76. The van der Waals surface area contributed by atoms with E-state index >= 15 is 0 Å². The summed E-state index contributed by atoms with van der Waals surface area (Å²) in [5.74, 6) is 0.0974. The first-order valence-corrected chi connectivity index (χ1v) is 7.04. The molecule has 0 radical (unpaired) electrons. The maximum absolute atomic E-state index is 13.8. The van der Waals surface area contributed by atoms with Crippen LogP contribution in [0.3, 0.4) is 0 Å². The maximum Gasteiger partial charge on any atom is 0.144 e. The summed E-state index contributed by atoms with van der Waals surface area (Å²) in [6.45, 7) is 0. The summed E-state index contributed by atoms with van der Waals surface area (Å²) in [5.41, 5.74) is 0.654. The van der Waals surface area contributed by atoms with Gasteiger partial charge < -0.3 is 0 Å². The van der Waals surface area contributed by atoms with Crippen LogP contribution in [0.5, 0.6) is 0 Å². The van der Waals surface area contributed by atoms with E-state index in [1.54, 1.807) is 23.9 Å². The molecular weight excluding hydrogens is 313 g/mol. The van der Waals surface area contributed by atoms with Crippen LogP contribution in [0.1, 0.15) is 11.1 Å². The summed E-state index contributed by atoms with van der Waals surface area (Å²) in [6, 6.07) is 14.6. The molecule has 0 aliphatic rings. The molecule has 1 nitrogen and oxygen atoms in total. The van der Waals surface area contributed by atoms with E-state index in [0.29, 0.717) is 11.3 Å². The lowest BCUT2D eigenvalue weighted by molar-refractivity contribution is 0.613. The van der Waals surface area contributed by atoms with Crippen LogP contribution in [-0.4, -0.2) is 0 Å². The van der Waals surface area contributed by atoms with Gasteiger partial charge in [0, 0.05) is 15.1 Å². The molecule has 18 heavy (non-hydrogen) atoms. The van der Waals surface area contributed by atoms with Crippen LogP contribution in [0.2, 0.25) is 0 Å². The fourth-order valence-electron chi connectivity index (χ4n) is 1.50. The van der Waals surface area contributed by atoms with Gasteiger partial charge >= 0.3 is 0 Å². The van der Waals surface area contributed by atoms with Crippen molar-refractivity contribution in [2.45, 2.75) is 10.6 Å². The van der Waals surface area contributed by atoms with Crippen molar-refractivity contribution in [3.63, 3.8) is 0 Å². The Morgan fingerprint density at radius 1 is 1.22 bits per heavy atom. The molecule has 0 aliphatic heterocycles. The topological polar surface area (TPSA) is 23.8 Å². The first-order valence-electron chi connectivity index (χ1n) is 5.26. The molecule has 0 saturated heterocycles. The van der Waals surface area contributed by atoms with Gasteiger partial charge in [-0.3, -0.25) is 0 Å². The lowest BCUT2D eigenvalue weighted by Gasteiger charge is -2.04. The Bertz CT molecular complexity index is 607. The molecule has 0 saturated carbocycles. The van der Waals surface area contributed by atoms with Crippen LogP contribution in [0.25, 0.3) is 0 Å². The Hall–Kier alpha value is -1.31. The highest BCUT2D eigenvalue weighted by Gasteiger charge is 2.07. The molecule has 2 rings (SSSR count). The van der Waals surface area contributed by atoms with Gasteiger partial charge in [0.1, 0.15) is 11.9 Å². The van der Waals surface area contributed by atoms with Crippen LogP contribution in [0.4, 0.5) is 4.39 Å². The Balaban J connectivity index is 2.14. The van der Waals surface area contributed by atoms with Crippen LogP contribution in [0.15, 0.2) is 51.8 Å². The second kappa shape index (κ2) is 6.03. The van der Waals surface area contributed by atoms with Gasteiger partial charge in [-0.1, -0.05) is 34.1 Å². The van der Waals surface area contributed by atoms with E-state index in [0.717, 1.165) is 9.37 Å². The minimum absolute atomic E-state index is 0.0994. The molecule has 0 atom stereocenters. The van der Waals surface area contributed by atoms with Gasteiger partial charge in [0.2, 0.25) is 0 Å². The third-order valence-corrected chi connectivity index (χ3v) is 3.93. The number of nitrogens with zero attached hydrogens (tertiary/aromatic N) is 1. The van der Waals surface area contributed by atoms with Gasteiger partial charge in [-0.05, 0) is 29.8 Å². The summed E-state index contributed by atoms with van der Waals surface area (Å²) in [7, 11) is 0. The Morgan fingerprint density at radius 2 is 2.00 bits per heavy atom. The van der Waals surface area contributed by atoms with Crippen molar-refractivity contribution in [3.8, 4) is 6.07 Å². The number of benzene rings is 2. The predicted molar refractivity (Wildman–Crippen MR) is 74.8 cm³/mol. The van der Waals surface area contributed by atoms with E-state index < -0.39 is 5.82 Å². The number of hydrogen-bond donors (Lipinski definition) is 0. The van der Waals surface area contributed by atoms with Gasteiger partial charge in [0.25, 0.3) is 0 Å². The minimum atomic E-state index is -0.414. The molecule has 0 aliphatic carbocycles. The molecule has 4 heteroatoms. The summed E-state index contributed by atoms with van der Waals surface area (Å²) >= 11 is 4.94. The first kappa shape index (κ1) is 13.1. The standard InChI is InChI=1S/C14H9BrFNS/c15-12-5-2-6-13(7-12)18-9-11-4-1-3-10(8-17)14(11)16/h1-7H,9H2. The van der Waals surface area contributed by atoms with Crippen LogP contribution < -0.4 is 0 Å². The van der Waals surface area contributed by atoms with Gasteiger partial charge in [-0.15, -0.1) is 11.8 Å². The zero-order chi connectivity index (χ0) is 13.0. The van der Waals surface area contributed by atoms with Crippen molar-refractivity contribution in [3.05, 3.63) is 63.9 Å². The lowest BCUT2D eigenvalue weighted by atomic mass is 10.1. The molecule has 0 fully saturated rings. The average Bonchev–Trinajstić information content (AvgIpc) is 2.38. The second-order valence-electron chi connectivity index (χ2n) is 3.64. The molecule has 0 N–H and O–H groups in total. The third kappa shape index (κ3) is 3.12. The van der Waals surface area contributed by atoms with Crippen molar-refractivity contribution < 1.29 is 4.39 Å². The van der Waals surface area contributed by atoms with E-state index in [2.05, 4.69) is 15.9 Å². The number of nitriles is 1. The quantitative estimate of drug-likeness (QED) is 0.761. The molecule has 0 amide bonds. The van der Waals surface area contributed by atoms with Crippen LogP contribution in [-0.2, 0) is 5.75 Å². The van der Waals surface area contributed by atoms with Crippen molar-refractivity contribution in [2.24, 2.45) is 0 Å². The summed E-state index contributed by atoms with van der Waals surface area (Å²) in [6.07, 6.45) is 0. The summed E-state index contributed by atoms with van der Waals surface area (Å²) in [4.78, 5) is 1.06. The Morgan fingerprint density at radius 3 is 2.72 bits per heavy atom. The molecule has 0 bridgehead atoms. The largest absolute Gasteiger partial charge is 0.205 e. The highest BCUT2D eigenvalue weighted by Crippen LogP contribution is 2.26. The number of halogens is 2. The Kier molecular flexibility index (Phi) is 4.40. The number of hydrogen-bond acceptors (Lipinski definition) is 2. The van der Waals surface area contributed by atoms with Gasteiger partial charge in [-0.25, -0.2) is 4.39 Å². The predicted octanol–water partition coefficient (Wildman–Crippen LogP) is 4.75. The van der Waals surface area contributed by atoms with Gasteiger partial charge in [0.15, 0.2) is 0 Å². The summed E-state index contributed by atoms with van der Waals surface area (Å²) < 4.78 is 14.8. The van der Waals surface area contributed by atoms with Gasteiger partial charge in [-0.2, -0.15) is 5.26 Å². The van der Waals surface area contributed by atoms with Gasteiger partial charge in [0.05, 0.1) is 5.56 Å². The Labute approximate surface area is 118 Å². The average molecular weight is 322 g/mol. The molecular formula is C14H9BrFNS. The SMILES string of the molecule is N#Cc1cccc(CSc2cccc(Br)c2)c1F. The molecule has 0 unspecified atom stereocenters. The van der Waals surface area contributed by atoms with E-state index in [9.17, 15) is 4.39 Å². The van der Waals surface area contributed by atoms with E-state index in [1.807, 2.05) is 30.3 Å². The smallest absolute Gasteiger partial charge is 0.144 e. The maximum atomic E-state index is 13.8. The molecule has 0 heterocycles. The normalized spacial score (nSPS) is 10.1. The minimum Gasteiger partial charge on any atom is -0.205 e.